The maximum atomic E-state index is 12.2. The number of carbonyl (C=O) groups is 1. The van der Waals surface area contributed by atoms with Crippen LogP contribution in [0.3, 0.4) is 0 Å². The van der Waals surface area contributed by atoms with E-state index >= 15 is 0 Å². The van der Waals surface area contributed by atoms with Crippen molar-refractivity contribution in [2.24, 2.45) is 0 Å². The molecule has 2 unspecified atom stereocenters. The zero-order chi connectivity index (χ0) is 12.3. The van der Waals surface area contributed by atoms with E-state index in [2.05, 4.69) is 0 Å². The highest BCUT2D eigenvalue weighted by atomic mass is 35.5. The van der Waals surface area contributed by atoms with Crippen LogP contribution in [0.5, 0.6) is 0 Å². The molecule has 0 N–H and O–H groups in total. The number of ether oxygens (including phenoxy) is 1. The molecular formula is C12H16ClNO2S. The Kier molecular flexibility index (Phi) is 4.42. The number of nitrogens with zero attached hydrogens (tertiary/aromatic N) is 1. The van der Waals surface area contributed by atoms with Gasteiger partial charge < -0.3 is 9.64 Å². The molecule has 1 aliphatic rings. The summed E-state index contributed by atoms with van der Waals surface area (Å²) in [6.45, 7) is 3.19. The lowest BCUT2D eigenvalue weighted by Crippen LogP contribution is -2.52. The maximum Gasteiger partial charge on any atom is 0.227 e. The molecule has 0 saturated carbocycles. The Hall–Kier alpha value is -0.580. The number of thiophene rings is 1. The molecule has 2 atom stereocenters. The highest BCUT2D eigenvalue weighted by Gasteiger charge is 2.28. The van der Waals surface area contributed by atoms with Gasteiger partial charge in [-0.1, -0.05) is 0 Å². The van der Waals surface area contributed by atoms with E-state index in [1.54, 1.807) is 11.3 Å². The summed E-state index contributed by atoms with van der Waals surface area (Å²) in [5.41, 5.74) is 1.08. The zero-order valence-electron chi connectivity index (χ0n) is 9.77. The lowest BCUT2D eigenvalue weighted by molar-refractivity contribution is -0.142. The summed E-state index contributed by atoms with van der Waals surface area (Å²) < 4.78 is 5.53. The van der Waals surface area contributed by atoms with Gasteiger partial charge in [-0.2, -0.15) is 11.3 Å². The minimum Gasteiger partial charge on any atom is -0.373 e. The number of alkyl halides is 1. The van der Waals surface area contributed by atoms with E-state index in [0.29, 0.717) is 25.5 Å². The van der Waals surface area contributed by atoms with E-state index in [0.717, 1.165) is 5.56 Å². The Balaban J connectivity index is 1.97. The van der Waals surface area contributed by atoms with Crippen LogP contribution in [0.1, 0.15) is 12.5 Å². The van der Waals surface area contributed by atoms with E-state index in [1.165, 1.54) is 0 Å². The van der Waals surface area contributed by atoms with Gasteiger partial charge in [-0.15, -0.1) is 11.6 Å². The number of rotatable bonds is 3. The van der Waals surface area contributed by atoms with Crippen LogP contribution in [0.2, 0.25) is 0 Å². The fraction of sp³-hybridized carbons (Fsp3) is 0.583. The van der Waals surface area contributed by atoms with Gasteiger partial charge in [-0.25, -0.2) is 0 Å². The number of hydrogen-bond donors (Lipinski definition) is 0. The van der Waals surface area contributed by atoms with Crippen molar-refractivity contribution in [3.05, 3.63) is 22.4 Å². The van der Waals surface area contributed by atoms with Crippen LogP contribution in [-0.4, -0.2) is 42.0 Å². The normalized spacial score (nSPS) is 24.9. The molecule has 0 bridgehead atoms. The zero-order valence-corrected chi connectivity index (χ0v) is 11.3. The van der Waals surface area contributed by atoms with Gasteiger partial charge in [0.2, 0.25) is 5.91 Å². The van der Waals surface area contributed by atoms with Gasteiger partial charge in [0, 0.05) is 6.54 Å². The molecule has 94 valence electrons. The van der Waals surface area contributed by atoms with Gasteiger partial charge in [0.05, 0.1) is 31.1 Å². The quantitative estimate of drug-likeness (QED) is 0.790. The minimum absolute atomic E-state index is 0.0284. The largest absolute Gasteiger partial charge is 0.373 e. The van der Waals surface area contributed by atoms with Crippen molar-refractivity contribution in [3.8, 4) is 0 Å². The van der Waals surface area contributed by atoms with Crippen molar-refractivity contribution in [1.82, 2.24) is 4.90 Å². The third kappa shape index (κ3) is 3.21. The van der Waals surface area contributed by atoms with Gasteiger partial charge in [0.25, 0.3) is 0 Å². The van der Waals surface area contributed by atoms with Crippen molar-refractivity contribution in [1.29, 1.82) is 0 Å². The van der Waals surface area contributed by atoms with Crippen LogP contribution >= 0.6 is 22.9 Å². The third-order valence-electron chi connectivity index (χ3n) is 2.93. The van der Waals surface area contributed by atoms with Gasteiger partial charge >= 0.3 is 0 Å². The third-order valence-corrected chi connectivity index (χ3v) is 4.01. The van der Waals surface area contributed by atoms with Gasteiger partial charge in [0.15, 0.2) is 0 Å². The molecule has 2 rings (SSSR count). The van der Waals surface area contributed by atoms with Crippen LogP contribution < -0.4 is 0 Å². The number of hydrogen-bond acceptors (Lipinski definition) is 3. The van der Waals surface area contributed by atoms with Crippen molar-refractivity contribution in [2.75, 3.05) is 19.0 Å². The molecule has 1 amide bonds. The number of morpholine rings is 1. The lowest BCUT2D eigenvalue weighted by atomic mass is 10.1. The van der Waals surface area contributed by atoms with E-state index in [-0.39, 0.29) is 18.1 Å². The average Bonchev–Trinajstić information content (AvgIpc) is 2.82. The minimum atomic E-state index is -0.0284. The van der Waals surface area contributed by atoms with Gasteiger partial charge in [0.1, 0.15) is 0 Å². The first kappa shape index (κ1) is 12.9. The molecule has 0 aliphatic carbocycles. The van der Waals surface area contributed by atoms with Crippen LogP contribution in [0, 0.1) is 0 Å². The summed E-state index contributed by atoms with van der Waals surface area (Å²) in [6.07, 6.45) is 0.447. The average molecular weight is 274 g/mol. The Morgan fingerprint density at radius 1 is 1.71 bits per heavy atom. The van der Waals surface area contributed by atoms with Crippen molar-refractivity contribution in [2.45, 2.75) is 25.5 Å². The molecule has 1 aromatic rings. The van der Waals surface area contributed by atoms with E-state index in [1.807, 2.05) is 28.7 Å². The second-order valence-electron chi connectivity index (χ2n) is 4.31. The van der Waals surface area contributed by atoms with Crippen molar-refractivity contribution in [3.63, 3.8) is 0 Å². The molecule has 0 aromatic carbocycles. The summed E-state index contributed by atoms with van der Waals surface area (Å²) in [6, 6.07) is 2.13. The van der Waals surface area contributed by atoms with Crippen molar-refractivity contribution >= 4 is 28.8 Å². The first-order chi connectivity index (χ1) is 8.20. The molecule has 0 radical (unpaired) electrons. The smallest absolute Gasteiger partial charge is 0.227 e. The Morgan fingerprint density at radius 2 is 2.53 bits per heavy atom. The monoisotopic (exact) mass is 273 g/mol. The summed E-state index contributed by atoms with van der Waals surface area (Å²) in [7, 11) is 0. The Labute approximate surface area is 110 Å². The van der Waals surface area contributed by atoms with E-state index in [4.69, 9.17) is 16.3 Å². The Bertz CT molecular complexity index is 369. The molecule has 0 spiro atoms. The summed E-state index contributed by atoms with van der Waals surface area (Å²) in [4.78, 5) is 14.1. The highest BCUT2D eigenvalue weighted by molar-refractivity contribution is 7.07. The van der Waals surface area contributed by atoms with Gasteiger partial charge in [-0.3, -0.25) is 4.79 Å². The maximum absolute atomic E-state index is 12.2. The van der Waals surface area contributed by atoms with Crippen molar-refractivity contribution < 1.29 is 9.53 Å². The number of amides is 1. The van der Waals surface area contributed by atoms with Crippen LogP contribution in [0.25, 0.3) is 0 Å². The SMILES string of the molecule is CC1COC(CCl)CN1C(=O)Cc1ccsc1. The molecule has 1 saturated heterocycles. The highest BCUT2D eigenvalue weighted by Crippen LogP contribution is 2.15. The molecule has 17 heavy (non-hydrogen) atoms. The predicted molar refractivity (Wildman–Crippen MR) is 69.7 cm³/mol. The number of carbonyl (C=O) groups excluding carboxylic acids is 1. The topological polar surface area (TPSA) is 29.5 Å². The molecule has 1 fully saturated rings. The fourth-order valence-electron chi connectivity index (χ4n) is 1.93. The summed E-state index contributed by atoms with van der Waals surface area (Å²) in [5, 5.41) is 4.01. The first-order valence-electron chi connectivity index (χ1n) is 5.69. The lowest BCUT2D eigenvalue weighted by Gasteiger charge is -2.37. The molecule has 3 nitrogen and oxygen atoms in total. The summed E-state index contributed by atoms with van der Waals surface area (Å²) >= 11 is 7.40. The van der Waals surface area contributed by atoms with Crippen LogP contribution in [0.15, 0.2) is 16.8 Å². The standard InChI is InChI=1S/C12H16ClNO2S/c1-9-7-16-11(5-13)6-14(9)12(15)4-10-2-3-17-8-10/h2-3,8-9,11H,4-7H2,1H3. The van der Waals surface area contributed by atoms with Gasteiger partial charge in [-0.05, 0) is 29.3 Å². The van der Waals surface area contributed by atoms with E-state index < -0.39 is 0 Å². The molecule has 1 aliphatic heterocycles. The summed E-state index contributed by atoms with van der Waals surface area (Å²) in [5.74, 6) is 0.601. The number of halogens is 1. The molecule has 2 heterocycles. The first-order valence-corrected chi connectivity index (χ1v) is 7.16. The predicted octanol–water partition coefficient (Wildman–Crippen LogP) is 2.15. The fourth-order valence-corrected chi connectivity index (χ4v) is 2.78. The second-order valence-corrected chi connectivity index (χ2v) is 5.40. The second kappa shape index (κ2) is 5.85. The molecular weight excluding hydrogens is 258 g/mol. The van der Waals surface area contributed by atoms with E-state index in [9.17, 15) is 4.79 Å². The molecule has 1 aromatic heterocycles. The molecule has 5 heteroatoms. The Morgan fingerprint density at radius 3 is 3.18 bits per heavy atom. The van der Waals surface area contributed by atoms with Crippen LogP contribution in [0.4, 0.5) is 0 Å². The van der Waals surface area contributed by atoms with Crippen LogP contribution in [-0.2, 0) is 16.0 Å².